The van der Waals surface area contributed by atoms with E-state index in [4.69, 9.17) is 9.47 Å². The Morgan fingerprint density at radius 2 is 1.85 bits per heavy atom. The van der Waals surface area contributed by atoms with Gasteiger partial charge in [0, 0.05) is 11.8 Å². The number of ether oxygens (including phenoxy) is 2. The van der Waals surface area contributed by atoms with Crippen molar-refractivity contribution in [2.24, 2.45) is 0 Å². The van der Waals surface area contributed by atoms with E-state index in [2.05, 4.69) is 25.3 Å². The maximum atomic E-state index is 12.5. The number of nitrogens with zero attached hydrogens (tertiary/aromatic N) is 3. The first kappa shape index (κ1) is 24.6. The van der Waals surface area contributed by atoms with Crippen molar-refractivity contribution in [1.29, 1.82) is 0 Å². The second kappa shape index (κ2) is 10.3. The predicted molar refractivity (Wildman–Crippen MR) is 111 cm³/mol. The Hall–Kier alpha value is -3.03. The van der Waals surface area contributed by atoms with Crippen LogP contribution in [-0.2, 0) is 14.9 Å². The third-order valence-electron chi connectivity index (χ3n) is 4.30. The number of imidazole rings is 1. The van der Waals surface area contributed by atoms with E-state index in [1.165, 1.54) is 31.7 Å². The topological polar surface area (TPSA) is 159 Å². The number of amides is 1. The van der Waals surface area contributed by atoms with Gasteiger partial charge in [0.15, 0.2) is 11.8 Å². The number of anilines is 1. The Morgan fingerprint density at radius 3 is 2.58 bits per heavy atom. The van der Waals surface area contributed by atoms with Crippen molar-refractivity contribution in [1.82, 2.24) is 19.9 Å². The summed E-state index contributed by atoms with van der Waals surface area (Å²) in [5.41, 5.74) is 1.47. The second-order valence-electron chi connectivity index (χ2n) is 6.58. The number of nitrogens with one attached hydrogen (secondary N) is 2. The van der Waals surface area contributed by atoms with Gasteiger partial charge in [0.25, 0.3) is 5.91 Å². The van der Waals surface area contributed by atoms with Crippen LogP contribution in [0.25, 0.3) is 11.2 Å². The Kier molecular flexibility index (Phi) is 7.66. The molecule has 0 aliphatic carbocycles. The van der Waals surface area contributed by atoms with E-state index >= 15 is 0 Å². The number of carbonyl (C=O) groups excluding carboxylic acids is 1. The van der Waals surface area contributed by atoms with E-state index in [0.717, 1.165) is 12.1 Å². The smallest absolute Gasteiger partial charge is 0.744 e. The molecular weight excluding hydrogens is 461 g/mol. The summed E-state index contributed by atoms with van der Waals surface area (Å²) in [5, 5.41) is 2.71. The number of benzene rings is 2. The average molecular weight is 477 g/mol. The number of hydrogen-bond donors (Lipinski definition) is 2. The van der Waals surface area contributed by atoms with Crippen LogP contribution < -0.4 is 44.3 Å². The molecule has 0 fully saturated rings. The maximum absolute atomic E-state index is 12.5. The molecule has 4 rings (SSSR count). The summed E-state index contributed by atoms with van der Waals surface area (Å²) in [6.07, 6.45) is 1.92. The van der Waals surface area contributed by atoms with Crippen LogP contribution in [0, 0.1) is 0 Å². The summed E-state index contributed by atoms with van der Waals surface area (Å²) < 4.78 is 44.3. The molecule has 11 nitrogen and oxygen atoms in total. The molecule has 0 spiro atoms. The molecule has 1 unspecified atom stereocenters. The molecule has 2 heterocycles. The van der Waals surface area contributed by atoms with E-state index < -0.39 is 22.1 Å². The van der Waals surface area contributed by atoms with Crippen LogP contribution >= 0.6 is 0 Å². The number of aromatic nitrogens is 4. The van der Waals surface area contributed by atoms with Crippen LogP contribution in [-0.4, -0.2) is 44.9 Å². The SMILES string of the molecule is CC(Oc1ccc(S(=O)(=O)[O-])cc1)C(=O)Nc1cccc(Oc2ncnc3nc[nH]c23)c1.[Na+]. The number of carbonyl (C=O) groups is 1. The first-order chi connectivity index (χ1) is 15.3. The maximum Gasteiger partial charge on any atom is 1.00 e. The zero-order valence-corrected chi connectivity index (χ0v) is 20.4. The summed E-state index contributed by atoms with van der Waals surface area (Å²) in [7, 11) is -4.55. The molecule has 4 aromatic rings. The number of rotatable bonds is 7. The molecule has 0 saturated carbocycles. The monoisotopic (exact) mass is 477 g/mol. The molecule has 0 aliphatic heterocycles. The molecule has 33 heavy (non-hydrogen) atoms. The summed E-state index contributed by atoms with van der Waals surface area (Å²) in [6, 6.07) is 11.5. The van der Waals surface area contributed by atoms with Crippen LogP contribution in [0.15, 0.2) is 66.1 Å². The summed E-state index contributed by atoms with van der Waals surface area (Å²) >= 11 is 0. The molecule has 0 radical (unpaired) electrons. The molecule has 2 N–H and O–H groups in total. The van der Waals surface area contributed by atoms with Gasteiger partial charge in [0.05, 0.1) is 11.2 Å². The second-order valence-corrected chi connectivity index (χ2v) is 7.96. The fraction of sp³-hybridized carbons (Fsp3) is 0.100. The van der Waals surface area contributed by atoms with Gasteiger partial charge in [-0.2, -0.15) is 4.98 Å². The van der Waals surface area contributed by atoms with Crippen LogP contribution in [0.4, 0.5) is 5.69 Å². The van der Waals surface area contributed by atoms with Crippen molar-refractivity contribution < 1.29 is 56.8 Å². The minimum absolute atomic E-state index is 0. The predicted octanol–water partition coefficient (Wildman–Crippen LogP) is -0.541. The molecule has 13 heteroatoms. The molecule has 0 saturated heterocycles. The van der Waals surface area contributed by atoms with Crippen LogP contribution in [0.5, 0.6) is 17.4 Å². The molecular formula is C20H16N5NaO6S. The van der Waals surface area contributed by atoms with E-state index in [1.807, 2.05) is 0 Å². The fourth-order valence-electron chi connectivity index (χ4n) is 2.76. The minimum Gasteiger partial charge on any atom is -0.744 e. The molecule has 1 atom stereocenters. The van der Waals surface area contributed by atoms with E-state index in [1.54, 1.807) is 24.3 Å². The number of hydrogen-bond acceptors (Lipinski definition) is 9. The van der Waals surface area contributed by atoms with Gasteiger partial charge in [-0.25, -0.2) is 18.4 Å². The molecule has 0 aliphatic rings. The third-order valence-corrected chi connectivity index (χ3v) is 5.15. The summed E-state index contributed by atoms with van der Waals surface area (Å²) in [4.78, 5) is 27.2. The molecule has 164 valence electrons. The Balaban J connectivity index is 0.00000306. The normalized spacial score (nSPS) is 11.9. The van der Waals surface area contributed by atoms with E-state index in [9.17, 15) is 17.8 Å². The van der Waals surface area contributed by atoms with Gasteiger partial charge in [0.2, 0.25) is 5.88 Å². The van der Waals surface area contributed by atoms with Crippen molar-refractivity contribution in [2.45, 2.75) is 17.9 Å². The third kappa shape index (κ3) is 6.06. The zero-order chi connectivity index (χ0) is 22.7. The van der Waals surface area contributed by atoms with Crippen molar-refractivity contribution >= 4 is 32.9 Å². The van der Waals surface area contributed by atoms with Crippen LogP contribution in [0.3, 0.4) is 0 Å². The van der Waals surface area contributed by atoms with Gasteiger partial charge >= 0.3 is 29.6 Å². The molecule has 2 aromatic carbocycles. The van der Waals surface area contributed by atoms with Gasteiger partial charge in [-0.1, -0.05) is 6.07 Å². The Bertz CT molecular complexity index is 1380. The zero-order valence-electron chi connectivity index (χ0n) is 17.6. The Labute approximate surface area is 210 Å². The first-order valence-corrected chi connectivity index (χ1v) is 10.7. The quantitative estimate of drug-likeness (QED) is 0.263. The van der Waals surface area contributed by atoms with Gasteiger partial charge < -0.3 is 24.3 Å². The molecule has 0 bridgehead atoms. The first-order valence-electron chi connectivity index (χ1n) is 9.25. The van der Waals surface area contributed by atoms with Gasteiger partial charge in [-0.3, -0.25) is 4.79 Å². The standard InChI is InChI=1S/C20H17N5O6S.Na/c1-12(30-14-5-7-16(8-6-14)32(27,28)29)19(26)25-13-3-2-4-15(9-13)31-20-17-18(22-10-21-17)23-11-24-20;/h2-12H,1H3,(H,25,26)(H,27,28,29)(H,21,22,23,24);/q;+1/p-1. The van der Waals surface area contributed by atoms with E-state index in [-0.39, 0.29) is 46.1 Å². The fourth-order valence-corrected chi connectivity index (χ4v) is 3.23. The summed E-state index contributed by atoms with van der Waals surface area (Å²) in [5.74, 6) is 0.515. The van der Waals surface area contributed by atoms with Crippen molar-refractivity contribution in [3.63, 3.8) is 0 Å². The van der Waals surface area contributed by atoms with Gasteiger partial charge in [-0.05, 0) is 43.3 Å². The molecule has 1 amide bonds. The van der Waals surface area contributed by atoms with Gasteiger partial charge in [0.1, 0.15) is 33.5 Å². The van der Waals surface area contributed by atoms with Gasteiger partial charge in [-0.15, -0.1) is 0 Å². The minimum atomic E-state index is -4.55. The number of fused-ring (bicyclic) bond motifs is 1. The number of aromatic amines is 1. The summed E-state index contributed by atoms with van der Waals surface area (Å²) in [6.45, 7) is 1.53. The van der Waals surface area contributed by atoms with Crippen molar-refractivity contribution in [3.8, 4) is 17.4 Å². The average Bonchev–Trinajstić information content (AvgIpc) is 3.24. The number of H-pyrrole nitrogens is 1. The van der Waals surface area contributed by atoms with E-state index in [0.29, 0.717) is 22.6 Å². The van der Waals surface area contributed by atoms with Crippen molar-refractivity contribution in [2.75, 3.05) is 5.32 Å². The van der Waals surface area contributed by atoms with Crippen molar-refractivity contribution in [3.05, 3.63) is 61.2 Å². The van der Waals surface area contributed by atoms with Crippen LogP contribution in [0.1, 0.15) is 6.92 Å². The van der Waals surface area contributed by atoms with Crippen LogP contribution in [0.2, 0.25) is 0 Å². The largest absolute Gasteiger partial charge is 1.00 e. The Morgan fingerprint density at radius 1 is 1.09 bits per heavy atom. The molecule has 2 aromatic heterocycles.